The van der Waals surface area contributed by atoms with Crippen molar-refractivity contribution < 1.29 is 53.1 Å². The van der Waals surface area contributed by atoms with Gasteiger partial charge in [0.1, 0.15) is 35.7 Å². The van der Waals surface area contributed by atoms with Gasteiger partial charge in [0.15, 0.2) is 17.5 Å². The van der Waals surface area contributed by atoms with Gasteiger partial charge in [-0.3, -0.25) is 48.6 Å². The molecular weight excluding hydrogens is 913 g/mol. The number of nitrogens with two attached hydrogens (primary N) is 3. The quantitative estimate of drug-likeness (QED) is 0.0103. The monoisotopic (exact) mass is 984 g/mol. The van der Waals surface area contributed by atoms with E-state index < -0.39 is 106 Å². The third-order valence-electron chi connectivity index (χ3n) is 10.6. The number of carboxylic acids is 1. The van der Waals surface area contributed by atoms with Crippen LogP contribution in [0.25, 0.3) is 0 Å². The lowest BCUT2D eigenvalue weighted by Gasteiger charge is -2.31. The highest BCUT2D eigenvalue weighted by Crippen LogP contribution is 2.34. The van der Waals surface area contributed by atoms with Crippen molar-refractivity contribution in [3.63, 3.8) is 0 Å². The molecule has 6 atom stereocenters. The summed E-state index contributed by atoms with van der Waals surface area (Å²) in [7, 11) is 0. The van der Waals surface area contributed by atoms with Crippen LogP contribution in [-0.2, 0) is 47.9 Å². The Hall–Kier alpha value is -5.43. The van der Waals surface area contributed by atoms with Gasteiger partial charge in [0.25, 0.3) is 0 Å². The van der Waals surface area contributed by atoms with Gasteiger partial charge in [0.05, 0.1) is 18.0 Å². The number of carbonyl (C=O) groups is 10. The standard InChI is InChI=1S/C42H72N12O11S2/c1-21(30-27(55)17-41(5,6)18-28(30)56)47-14-10-9-12-23(49-32(58)22(43)19-66)33(59)50-24(13-11-15-48-39(45)46)36(62)54-42(7,8)38(65)52-25(16-29(44)57)34(60)51-26(20-67)35(61)53-31(37(63)64)40(2,3)4/h22-26,31,47,66-67H,9-20,43H2,1-8H3,(H2,44,57)(H,49,58)(H,50,59)(H,51,60)(H,52,65)(H,53,61)(H,54,62)(H,63,64)(H4,45,46,48)/t22-,23-,24-,25-,26-,31+/m0/s1. The van der Waals surface area contributed by atoms with E-state index in [1.807, 2.05) is 13.8 Å². The van der Waals surface area contributed by atoms with Gasteiger partial charge >= 0.3 is 5.97 Å². The number of aliphatic carboxylic acids is 1. The molecule has 67 heavy (non-hydrogen) atoms. The van der Waals surface area contributed by atoms with Gasteiger partial charge in [0, 0.05) is 43.1 Å². The smallest absolute Gasteiger partial charge is 0.326 e. The van der Waals surface area contributed by atoms with Gasteiger partial charge in [-0.25, -0.2) is 4.79 Å². The van der Waals surface area contributed by atoms with Crippen molar-refractivity contribution in [2.45, 2.75) is 149 Å². The van der Waals surface area contributed by atoms with Crippen LogP contribution in [0.15, 0.2) is 11.3 Å². The van der Waals surface area contributed by atoms with E-state index in [-0.39, 0.29) is 73.3 Å². The minimum absolute atomic E-state index is 0.0459. The molecule has 25 heteroatoms. The number of Topliss-reactive ketones (excluding diaryl/α,β-unsaturated/α-hetero) is 2. The molecule has 0 aromatic heterocycles. The zero-order valence-corrected chi connectivity index (χ0v) is 41.4. The van der Waals surface area contributed by atoms with E-state index >= 15 is 0 Å². The van der Waals surface area contributed by atoms with Crippen LogP contribution in [-0.4, -0.2) is 136 Å². The van der Waals surface area contributed by atoms with E-state index in [0.717, 1.165) is 0 Å². The molecule has 0 saturated heterocycles. The van der Waals surface area contributed by atoms with Gasteiger partial charge in [-0.1, -0.05) is 34.6 Å². The molecule has 0 bridgehead atoms. The van der Waals surface area contributed by atoms with E-state index in [0.29, 0.717) is 25.1 Å². The Morgan fingerprint density at radius 1 is 0.701 bits per heavy atom. The summed E-state index contributed by atoms with van der Waals surface area (Å²) < 4.78 is 0. The van der Waals surface area contributed by atoms with Crippen molar-refractivity contribution in [3.05, 3.63) is 11.3 Å². The Kier molecular flexibility index (Phi) is 23.8. The average molecular weight is 985 g/mol. The average Bonchev–Trinajstić information content (AvgIpc) is 3.19. The van der Waals surface area contributed by atoms with Crippen LogP contribution in [0.5, 0.6) is 0 Å². The minimum atomic E-state index is -1.86. The second-order valence-electron chi connectivity index (χ2n) is 18.9. The first-order valence-corrected chi connectivity index (χ1v) is 23.1. The van der Waals surface area contributed by atoms with Crippen molar-refractivity contribution in [2.24, 2.45) is 28.0 Å². The zero-order valence-electron chi connectivity index (χ0n) is 39.6. The molecule has 16 N–H and O–H groups in total. The van der Waals surface area contributed by atoms with Crippen LogP contribution in [0, 0.1) is 16.2 Å². The molecule has 0 spiro atoms. The summed E-state index contributed by atoms with van der Waals surface area (Å²) in [4.78, 5) is 130. The second kappa shape index (κ2) is 26.8. The molecule has 23 nitrogen and oxygen atoms in total. The van der Waals surface area contributed by atoms with Gasteiger partial charge in [-0.05, 0) is 63.7 Å². The normalized spacial score (nSPS) is 16.4. The molecule has 0 aliphatic heterocycles. The van der Waals surface area contributed by atoms with Gasteiger partial charge < -0.3 is 64.8 Å². The Bertz CT molecular complexity index is 1880. The molecular formula is C42H72N12O11S2. The number of rotatable bonds is 27. The molecule has 0 heterocycles. The number of guanidine groups is 1. The summed E-state index contributed by atoms with van der Waals surface area (Å²) in [5.41, 5.74) is 14.0. The topological polar surface area (TPSA) is 389 Å². The van der Waals surface area contributed by atoms with Crippen molar-refractivity contribution in [1.29, 1.82) is 5.41 Å². The first kappa shape index (κ1) is 59.6. The lowest BCUT2D eigenvalue weighted by molar-refractivity contribution is -0.145. The highest BCUT2D eigenvalue weighted by Gasteiger charge is 2.39. The number of unbranched alkanes of at least 4 members (excludes halogenated alkanes) is 1. The van der Waals surface area contributed by atoms with Crippen LogP contribution in [0.1, 0.15) is 107 Å². The summed E-state index contributed by atoms with van der Waals surface area (Å²) in [6, 6.07) is -8.12. The maximum Gasteiger partial charge on any atom is 0.326 e. The fourth-order valence-electron chi connectivity index (χ4n) is 6.78. The fourth-order valence-corrected chi connectivity index (χ4v) is 7.20. The third kappa shape index (κ3) is 20.5. The summed E-state index contributed by atoms with van der Waals surface area (Å²) in [6.07, 6.45) is 0.649. The van der Waals surface area contributed by atoms with Crippen molar-refractivity contribution in [2.75, 3.05) is 24.6 Å². The number of hydrogen-bond acceptors (Lipinski definition) is 15. The number of amides is 7. The summed E-state index contributed by atoms with van der Waals surface area (Å²) in [5, 5.41) is 37.6. The molecule has 1 fully saturated rings. The Morgan fingerprint density at radius 2 is 1.19 bits per heavy atom. The summed E-state index contributed by atoms with van der Waals surface area (Å²) in [6.45, 7) is 13.1. The highest BCUT2D eigenvalue weighted by atomic mass is 32.1. The molecule has 7 amide bonds. The maximum absolute atomic E-state index is 13.9. The first-order chi connectivity index (χ1) is 30.9. The van der Waals surface area contributed by atoms with Gasteiger partial charge in [0.2, 0.25) is 41.4 Å². The van der Waals surface area contributed by atoms with Crippen LogP contribution in [0.3, 0.4) is 0 Å². The summed E-state index contributed by atoms with van der Waals surface area (Å²) >= 11 is 8.17. The lowest BCUT2D eigenvalue weighted by atomic mass is 9.73. The molecule has 0 radical (unpaired) electrons. The molecule has 0 aromatic carbocycles. The van der Waals surface area contributed by atoms with Gasteiger partial charge in [-0.15, -0.1) is 0 Å². The Morgan fingerprint density at radius 3 is 1.70 bits per heavy atom. The highest BCUT2D eigenvalue weighted by molar-refractivity contribution is 7.80. The number of nitrogens with one attached hydrogen (secondary N) is 9. The van der Waals surface area contributed by atoms with E-state index in [1.165, 1.54) is 13.8 Å². The largest absolute Gasteiger partial charge is 0.480 e. The molecule has 0 aromatic rings. The predicted octanol–water partition coefficient (Wildman–Crippen LogP) is -2.25. The molecule has 1 rings (SSSR count). The Labute approximate surface area is 402 Å². The number of primary amides is 1. The van der Waals surface area contributed by atoms with Crippen LogP contribution < -0.4 is 59.7 Å². The summed E-state index contributed by atoms with van der Waals surface area (Å²) in [5.74, 6) is -8.85. The molecule has 378 valence electrons. The number of hydrogen-bond donors (Lipinski definition) is 15. The Balaban J connectivity index is 3.27. The maximum atomic E-state index is 13.9. The van der Waals surface area contributed by atoms with Crippen molar-refractivity contribution >= 4 is 90.1 Å². The SMILES string of the molecule is CC(NCCCC[C@H](NC(=O)[C@@H](N)CS)C(=O)N[C@@H](CCCNC(=N)N)C(=O)NC(C)(C)C(=O)N[C@@H](CC(N)=O)C(=O)N[C@@H](CS)C(=O)N[C@H](C(=O)O)C(C)(C)C)=C1C(=O)CC(C)(C)CC1=O. The van der Waals surface area contributed by atoms with Gasteiger partial charge in [-0.2, -0.15) is 25.3 Å². The second-order valence-corrected chi connectivity index (χ2v) is 19.6. The van der Waals surface area contributed by atoms with E-state index in [1.54, 1.807) is 27.7 Å². The predicted molar refractivity (Wildman–Crippen MR) is 255 cm³/mol. The molecule has 1 aliphatic rings. The van der Waals surface area contributed by atoms with Crippen molar-refractivity contribution in [3.8, 4) is 0 Å². The first-order valence-electron chi connectivity index (χ1n) is 21.8. The third-order valence-corrected chi connectivity index (χ3v) is 11.3. The lowest BCUT2D eigenvalue weighted by Crippen LogP contribution is -2.63. The number of carboxylic acid groups (broad SMARTS) is 1. The van der Waals surface area contributed by atoms with Crippen molar-refractivity contribution in [1.82, 2.24) is 42.5 Å². The molecule has 0 unspecified atom stereocenters. The van der Waals surface area contributed by atoms with E-state index in [4.69, 9.17) is 22.6 Å². The number of ketones is 2. The van der Waals surface area contributed by atoms with Crippen LogP contribution in [0.4, 0.5) is 0 Å². The number of carbonyl (C=O) groups excluding carboxylic acids is 9. The molecule has 1 saturated carbocycles. The molecule has 1 aliphatic carbocycles. The fraction of sp³-hybridized carbons (Fsp3) is 0.690. The van der Waals surface area contributed by atoms with Crippen LogP contribution >= 0.6 is 25.3 Å². The zero-order chi connectivity index (χ0) is 51.6. The minimum Gasteiger partial charge on any atom is -0.480 e. The van der Waals surface area contributed by atoms with E-state index in [2.05, 4.69) is 67.8 Å². The van der Waals surface area contributed by atoms with E-state index in [9.17, 15) is 53.1 Å². The number of thiol groups is 2. The van der Waals surface area contributed by atoms with Crippen LogP contribution in [0.2, 0.25) is 0 Å². The number of allylic oxidation sites excluding steroid dienone is 2.